The summed E-state index contributed by atoms with van der Waals surface area (Å²) < 4.78 is 2.27. The van der Waals surface area contributed by atoms with Gasteiger partial charge in [0.1, 0.15) is 0 Å². The Kier molecular flexibility index (Phi) is 4.81. The molecule has 0 amide bonds. The van der Waals surface area contributed by atoms with Crippen molar-refractivity contribution >= 4 is 0 Å². The minimum Gasteiger partial charge on any atom is -0.310 e. The SMILES string of the molecule is CCCNC1CCCCc2c1cnn2C(C)CC. The Morgan fingerprint density at radius 1 is 1.44 bits per heavy atom. The van der Waals surface area contributed by atoms with Crippen molar-refractivity contribution in [2.24, 2.45) is 0 Å². The molecule has 0 spiro atoms. The van der Waals surface area contributed by atoms with Gasteiger partial charge in [0.2, 0.25) is 0 Å². The van der Waals surface area contributed by atoms with Crippen LogP contribution in [0.4, 0.5) is 0 Å². The number of aromatic nitrogens is 2. The van der Waals surface area contributed by atoms with E-state index < -0.39 is 0 Å². The zero-order valence-corrected chi connectivity index (χ0v) is 12.1. The molecule has 0 aliphatic heterocycles. The van der Waals surface area contributed by atoms with Crippen LogP contribution in [-0.4, -0.2) is 16.3 Å². The topological polar surface area (TPSA) is 29.9 Å². The largest absolute Gasteiger partial charge is 0.310 e. The molecular weight excluding hydrogens is 222 g/mol. The van der Waals surface area contributed by atoms with E-state index in [0.29, 0.717) is 12.1 Å². The Morgan fingerprint density at radius 3 is 3.00 bits per heavy atom. The average Bonchev–Trinajstić information content (AvgIpc) is 2.71. The average molecular weight is 249 g/mol. The van der Waals surface area contributed by atoms with Crippen molar-refractivity contribution in [2.75, 3.05) is 6.54 Å². The van der Waals surface area contributed by atoms with E-state index in [0.717, 1.165) is 13.0 Å². The second-order valence-electron chi connectivity index (χ2n) is 5.50. The fraction of sp³-hybridized carbons (Fsp3) is 0.800. The number of hydrogen-bond acceptors (Lipinski definition) is 2. The summed E-state index contributed by atoms with van der Waals surface area (Å²) in [5, 5.41) is 8.33. The first-order valence-corrected chi connectivity index (χ1v) is 7.57. The second kappa shape index (κ2) is 6.37. The van der Waals surface area contributed by atoms with E-state index >= 15 is 0 Å². The molecule has 0 fully saturated rings. The Hall–Kier alpha value is -0.830. The summed E-state index contributed by atoms with van der Waals surface area (Å²) in [6, 6.07) is 1.05. The standard InChI is InChI=1S/C15H27N3/c1-4-10-16-14-8-6-7-9-15-13(14)11-17-18(15)12(3)5-2/h11-12,14,16H,4-10H2,1-3H3. The molecule has 2 atom stereocenters. The third-order valence-corrected chi connectivity index (χ3v) is 4.11. The molecule has 0 radical (unpaired) electrons. The lowest BCUT2D eigenvalue weighted by Gasteiger charge is -2.18. The van der Waals surface area contributed by atoms with Crippen molar-refractivity contribution in [3.63, 3.8) is 0 Å². The molecule has 1 heterocycles. The summed E-state index contributed by atoms with van der Waals surface area (Å²) in [5.74, 6) is 0. The number of rotatable bonds is 5. The summed E-state index contributed by atoms with van der Waals surface area (Å²) in [6.45, 7) is 7.85. The summed E-state index contributed by atoms with van der Waals surface area (Å²) in [4.78, 5) is 0. The molecule has 18 heavy (non-hydrogen) atoms. The molecule has 1 aliphatic carbocycles. The maximum absolute atomic E-state index is 4.65. The second-order valence-corrected chi connectivity index (χ2v) is 5.50. The molecular formula is C15H27N3. The Bertz CT molecular complexity index is 370. The lowest BCUT2D eigenvalue weighted by molar-refractivity contribution is 0.457. The highest BCUT2D eigenvalue weighted by atomic mass is 15.3. The molecule has 2 unspecified atom stereocenters. The van der Waals surface area contributed by atoms with Gasteiger partial charge in [-0.15, -0.1) is 0 Å². The van der Waals surface area contributed by atoms with Crippen LogP contribution in [0.25, 0.3) is 0 Å². The van der Waals surface area contributed by atoms with Gasteiger partial charge in [-0.1, -0.05) is 20.3 Å². The van der Waals surface area contributed by atoms with Crippen LogP contribution in [0.2, 0.25) is 0 Å². The minimum absolute atomic E-state index is 0.527. The predicted molar refractivity (Wildman–Crippen MR) is 75.8 cm³/mol. The number of fused-ring (bicyclic) bond motifs is 1. The molecule has 102 valence electrons. The van der Waals surface area contributed by atoms with E-state index in [9.17, 15) is 0 Å². The monoisotopic (exact) mass is 249 g/mol. The van der Waals surface area contributed by atoms with Gasteiger partial charge >= 0.3 is 0 Å². The van der Waals surface area contributed by atoms with Gasteiger partial charge in [0.15, 0.2) is 0 Å². The van der Waals surface area contributed by atoms with Gasteiger partial charge in [-0.05, 0) is 45.6 Å². The van der Waals surface area contributed by atoms with Crippen molar-refractivity contribution in [3.05, 3.63) is 17.5 Å². The van der Waals surface area contributed by atoms with Crippen LogP contribution in [0.1, 0.15) is 76.2 Å². The smallest absolute Gasteiger partial charge is 0.0540 e. The molecule has 0 saturated heterocycles. The minimum atomic E-state index is 0.527. The molecule has 1 aliphatic rings. The Morgan fingerprint density at radius 2 is 2.28 bits per heavy atom. The number of nitrogens with zero attached hydrogens (tertiary/aromatic N) is 2. The molecule has 1 aromatic heterocycles. The molecule has 0 saturated carbocycles. The van der Waals surface area contributed by atoms with Gasteiger partial charge in [0.25, 0.3) is 0 Å². The normalized spacial score (nSPS) is 21.4. The fourth-order valence-electron chi connectivity index (χ4n) is 2.83. The van der Waals surface area contributed by atoms with Crippen molar-refractivity contribution in [2.45, 2.75) is 71.4 Å². The number of nitrogens with one attached hydrogen (secondary N) is 1. The van der Waals surface area contributed by atoms with E-state index in [1.165, 1.54) is 43.4 Å². The van der Waals surface area contributed by atoms with E-state index in [4.69, 9.17) is 0 Å². The molecule has 2 rings (SSSR count). The van der Waals surface area contributed by atoms with Crippen molar-refractivity contribution in [3.8, 4) is 0 Å². The summed E-state index contributed by atoms with van der Waals surface area (Å²) >= 11 is 0. The van der Waals surface area contributed by atoms with Crippen LogP contribution < -0.4 is 5.32 Å². The lowest BCUT2D eigenvalue weighted by atomic mass is 10.1. The van der Waals surface area contributed by atoms with Gasteiger partial charge in [-0.2, -0.15) is 5.10 Å². The van der Waals surface area contributed by atoms with E-state index in [2.05, 4.69) is 42.1 Å². The molecule has 3 nitrogen and oxygen atoms in total. The highest BCUT2D eigenvalue weighted by Gasteiger charge is 2.23. The Labute approximate surface area is 111 Å². The quantitative estimate of drug-likeness (QED) is 0.808. The van der Waals surface area contributed by atoms with Gasteiger partial charge in [0, 0.05) is 23.3 Å². The summed E-state index contributed by atoms with van der Waals surface area (Å²) in [7, 11) is 0. The maximum Gasteiger partial charge on any atom is 0.0540 e. The van der Waals surface area contributed by atoms with Crippen molar-refractivity contribution in [1.29, 1.82) is 0 Å². The zero-order chi connectivity index (χ0) is 13.0. The predicted octanol–water partition coefficient (Wildman–Crippen LogP) is 3.62. The van der Waals surface area contributed by atoms with Gasteiger partial charge < -0.3 is 5.32 Å². The van der Waals surface area contributed by atoms with Crippen LogP contribution in [0.3, 0.4) is 0 Å². The molecule has 0 aromatic carbocycles. The van der Waals surface area contributed by atoms with Crippen LogP contribution in [0.15, 0.2) is 6.20 Å². The van der Waals surface area contributed by atoms with Crippen LogP contribution >= 0.6 is 0 Å². The molecule has 1 aromatic rings. The van der Waals surface area contributed by atoms with E-state index in [1.807, 2.05) is 0 Å². The van der Waals surface area contributed by atoms with Crippen LogP contribution in [-0.2, 0) is 6.42 Å². The Balaban J connectivity index is 2.23. The molecule has 0 bridgehead atoms. The van der Waals surface area contributed by atoms with Crippen LogP contribution in [0.5, 0.6) is 0 Å². The molecule has 1 N–H and O–H groups in total. The fourth-order valence-corrected chi connectivity index (χ4v) is 2.83. The summed E-state index contributed by atoms with van der Waals surface area (Å²) in [6.07, 6.45) is 9.56. The maximum atomic E-state index is 4.65. The third kappa shape index (κ3) is 2.77. The van der Waals surface area contributed by atoms with E-state index in [-0.39, 0.29) is 0 Å². The number of hydrogen-bond donors (Lipinski definition) is 1. The third-order valence-electron chi connectivity index (χ3n) is 4.11. The van der Waals surface area contributed by atoms with Gasteiger partial charge in [0.05, 0.1) is 6.20 Å². The van der Waals surface area contributed by atoms with Crippen molar-refractivity contribution < 1.29 is 0 Å². The first-order valence-electron chi connectivity index (χ1n) is 7.57. The highest BCUT2D eigenvalue weighted by Crippen LogP contribution is 2.30. The van der Waals surface area contributed by atoms with E-state index in [1.54, 1.807) is 0 Å². The first-order chi connectivity index (χ1) is 8.77. The zero-order valence-electron chi connectivity index (χ0n) is 12.1. The molecule has 3 heteroatoms. The lowest BCUT2D eigenvalue weighted by Crippen LogP contribution is -2.22. The van der Waals surface area contributed by atoms with Gasteiger partial charge in [-0.3, -0.25) is 4.68 Å². The van der Waals surface area contributed by atoms with Gasteiger partial charge in [-0.25, -0.2) is 0 Å². The first kappa shape index (κ1) is 13.6. The summed E-state index contributed by atoms with van der Waals surface area (Å²) in [5.41, 5.74) is 2.94. The highest BCUT2D eigenvalue weighted by molar-refractivity contribution is 5.24. The van der Waals surface area contributed by atoms with Crippen LogP contribution in [0, 0.1) is 0 Å². The van der Waals surface area contributed by atoms with Crippen molar-refractivity contribution in [1.82, 2.24) is 15.1 Å².